The maximum atomic E-state index is 13.3. The van der Waals surface area contributed by atoms with Gasteiger partial charge in [0.2, 0.25) is 11.8 Å². The molecule has 8 heteroatoms. The zero-order valence-electron chi connectivity index (χ0n) is 17.9. The summed E-state index contributed by atoms with van der Waals surface area (Å²) in [5.41, 5.74) is 1.12. The Morgan fingerprint density at radius 3 is 2.47 bits per heavy atom. The second kappa shape index (κ2) is 10.3. The molecule has 0 N–H and O–H groups in total. The molecule has 0 bridgehead atoms. The number of halogens is 1. The molecule has 2 aliphatic heterocycles. The number of hydrogen-bond donors (Lipinski definition) is 0. The molecule has 2 saturated heterocycles. The molecule has 0 spiro atoms. The number of anilines is 1. The standard InChI is InChI=1S/C22H31ClN4O3/c1-3-25(4-2)21(29)16-24-10-6-11-26(14-13-24)22(30)18-9-8-17(23)15-19(18)27-12-5-7-20(27)28/h8-9,15H,3-7,10-14,16H2,1-2H3. The summed E-state index contributed by atoms with van der Waals surface area (Å²) in [5, 5.41) is 0.512. The normalized spacial score (nSPS) is 17.9. The molecule has 0 radical (unpaired) electrons. The van der Waals surface area contributed by atoms with Gasteiger partial charge in [0.05, 0.1) is 17.8 Å². The molecule has 0 unspecified atom stereocenters. The SMILES string of the molecule is CCN(CC)C(=O)CN1CCCN(C(=O)c2ccc(Cl)cc2N2CCCC2=O)CC1. The van der Waals surface area contributed by atoms with E-state index in [0.717, 1.165) is 19.4 Å². The van der Waals surface area contributed by atoms with Crippen molar-refractivity contribution in [3.8, 4) is 0 Å². The fraction of sp³-hybridized carbons (Fsp3) is 0.591. The fourth-order valence-corrected chi connectivity index (χ4v) is 4.35. The summed E-state index contributed by atoms with van der Waals surface area (Å²) >= 11 is 6.17. The van der Waals surface area contributed by atoms with E-state index in [-0.39, 0.29) is 17.7 Å². The molecular weight excluding hydrogens is 404 g/mol. The minimum Gasteiger partial charge on any atom is -0.342 e. The lowest BCUT2D eigenvalue weighted by Crippen LogP contribution is -2.42. The van der Waals surface area contributed by atoms with Gasteiger partial charge in [-0.1, -0.05) is 11.6 Å². The zero-order valence-corrected chi connectivity index (χ0v) is 18.7. The number of carbonyl (C=O) groups excluding carboxylic acids is 3. The van der Waals surface area contributed by atoms with Gasteiger partial charge in [-0.05, 0) is 44.9 Å². The highest BCUT2D eigenvalue weighted by Crippen LogP contribution is 2.30. The van der Waals surface area contributed by atoms with Crippen LogP contribution in [0.3, 0.4) is 0 Å². The van der Waals surface area contributed by atoms with E-state index >= 15 is 0 Å². The Hall–Kier alpha value is -2.12. The smallest absolute Gasteiger partial charge is 0.256 e. The molecule has 2 fully saturated rings. The van der Waals surface area contributed by atoms with Crippen LogP contribution >= 0.6 is 11.6 Å². The van der Waals surface area contributed by atoms with Crippen molar-refractivity contribution in [2.24, 2.45) is 0 Å². The lowest BCUT2D eigenvalue weighted by atomic mass is 10.1. The van der Waals surface area contributed by atoms with E-state index in [1.807, 2.05) is 23.6 Å². The molecule has 1 aromatic carbocycles. The second-order valence-corrected chi connectivity index (χ2v) is 8.23. The molecule has 7 nitrogen and oxygen atoms in total. The summed E-state index contributed by atoms with van der Waals surface area (Å²) in [6.45, 7) is 9.02. The average molecular weight is 435 g/mol. The predicted molar refractivity (Wildman–Crippen MR) is 118 cm³/mol. The van der Waals surface area contributed by atoms with Crippen LogP contribution in [0.4, 0.5) is 5.69 Å². The number of amides is 3. The largest absolute Gasteiger partial charge is 0.342 e. The second-order valence-electron chi connectivity index (χ2n) is 7.80. The summed E-state index contributed by atoms with van der Waals surface area (Å²) < 4.78 is 0. The number of hydrogen-bond acceptors (Lipinski definition) is 4. The Bertz CT molecular complexity index is 797. The van der Waals surface area contributed by atoms with E-state index in [1.165, 1.54) is 0 Å². The third-order valence-corrected chi connectivity index (χ3v) is 6.14. The Morgan fingerprint density at radius 1 is 1.03 bits per heavy atom. The lowest BCUT2D eigenvalue weighted by Gasteiger charge is -2.26. The summed E-state index contributed by atoms with van der Waals surface area (Å²) in [6.07, 6.45) is 2.10. The van der Waals surface area contributed by atoms with Crippen molar-refractivity contribution in [3.05, 3.63) is 28.8 Å². The van der Waals surface area contributed by atoms with Crippen molar-refractivity contribution in [2.75, 3.05) is 57.3 Å². The topological polar surface area (TPSA) is 64.2 Å². The molecule has 3 rings (SSSR count). The summed E-state index contributed by atoms with van der Waals surface area (Å²) in [7, 11) is 0. The minimum atomic E-state index is -0.0849. The van der Waals surface area contributed by atoms with Crippen molar-refractivity contribution in [2.45, 2.75) is 33.1 Å². The highest BCUT2D eigenvalue weighted by molar-refractivity contribution is 6.31. The quantitative estimate of drug-likeness (QED) is 0.690. The van der Waals surface area contributed by atoms with Crippen molar-refractivity contribution < 1.29 is 14.4 Å². The first-order chi connectivity index (χ1) is 14.4. The number of benzene rings is 1. The van der Waals surface area contributed by atoms with Gasteiger partial charge in [0.25, 0.3) is 5.91 Å². The Labute approximate surface area is 183 Å². The molecular formula is C22H31ClN4O3. The number of rotatable bonds is 6. The summed E-state index contributed by atoms with van der Waals surface area (Å²) in [4.78, 5) is 45.5. The van der Waals surface area contributed by atoms with E-state index in [0.29, 0.717) is 68.5 Å². The first-order valence-electron chi connectivity index (χ1n) is 10.8. The molecule has 164 valence electrons. The third-order valence-electron chi connectivity index (χ3n) is 5.91. The van der Waals surface area contributed by atoms with E-state index in [2.05, 4.69) is 4.90 Å². The van der Waals surface area contributed by atoms with Crippen molar-refractivity contribution in [3.63, 3.8) is 0 Å². The molecule has 1 aromatic rings. The molecule has 0 atom stereocenters. The van der Waals surface area contributed by atoms with Gasteiger partial charge >= 0.3 is 0 Å². The van der Waals surface area contributed by atoms with Gasteiger partial charge in [-0.25, -0.2) is 0 Å². The van der Waals surface area contributed by atoms with Crippen LogP contribution in [0.25, 0.3) is 0 Å². The van der Waals surface area contributed by atoms with Crippen molar-refractivity contribution >= 4 is 35.0 Å². The van der Waals surface area contributed by atoms with Crippen LogP contribution in [0.2, 0.25) is 5.02 Å². The first kappa shape index (κ1) is 22.6. The van der Waals surface area contributed by atoms with Crippen LogP contribution in [0.1, 0.15) is 43.5 Å². The summed E-state index contributed by atoms with van der Waals surface area (Å²) in [6, 6.07) is 5.13. The van der Waals surface area contributed by atoms with E-state index < -0.39 is 0 Å². The van der Waals surface area contributed by atoms with E-state index in [9.17, 15) is 14.4 Å². The Morgan fingerprint density at radius 2 is 1.80 bits per heavy atom. The molecule has 2 aliphatic rings. The molecule has 0 saturated carbocycles. The van der Waals surface area contributed by atoms with Crippen LogP contribution in [-0.2, 0) is 9.59 Å². The van der Waals surface area contributed by atoms with Crippen LogP contribution in [0, 0.1) is 0 Å². The molecule has 30 heavy (non-hydrogen) atoms. The van der Waals surface area contributed by atoms with Gasteiger partial charge < -0.3 is 14.7 Å². The molecule has 0 aliphatic carbocycles. The number of nitrogens with zero attached hydrogens (tertiary/aromatic N) is 4. The van der Waals surface area contributed by atoms with Crippen LogP contribution in [0.15, 0.2) is 18.2 Å². The molecule has 3 amide bonds. The van der Waals surface area contributed by atoms with Gasteiger partial charge in [-0.3, -0.25) is 19.3 Å². The van der Waals surface area contributed by atoms with Gasteiger partial charge in [0.1, 0.15) is 0 Å². The summed E-state index contributed by atoms with van der Waals surface area (Å²) in [5.74, 6) is 0.0777. The van der Waals surface area contributed by atoms with E-state index in [1.54, 1.807) is 23.1 Å². The minimum absolute atomic E-state index is 0.0308. The maximum absolute atomic E-state index is 13.3. The van der Waals surface area contributed by atoms with Gasteiger partial charge in [0, 0.05) is 57.3 Å². The van der Waals surface area contributed by atoms with Crippen LogP contribution in [0.5, 0.6) is 0 Å². The average Bonchev–Trinajstić information content (AvgIpc) is 3.02. The fourth-order valence-electron chi connectivity index (χ4n) is 4.18. The number of carbonyl (C=O) groups is 3. The highest BCUT2D eigenvalue weighted by atomic mass is 35.5. The van der Waals surface area contributed by atoms with Crippen molar-refractivity contribution in [1.29, 1.82) is 0 Å². The number of likely N-dealkylation sites (N-methyl/N-ethyl adjacent to an activating group) is 1. The highest BCUT2D eigenvalue weighted by Gasteiger charge is 2.29. The molecule has 2 heterocycles. The van der Waals surface area contributed by atoms with Crippen molar-refractivity contribution in [1.82, 2.24) is 14.7 Å². The van der Waals surface area contributed by atoms with Gasteiger partial charge in [-0.15, -0.1) is 0 Å². The van der Waals surface area contributed by atoms with Gasteiger partial charge in [0.15, 0.2) is 0 Å². The molecule has 0 aromatic heterocycles. The zero-order chi connectivity index (χ0) is 21.7. The lowest BCUT2D eigenvalue weighted by molar-refractivity contribution is -0.132. The predicted octanol–water partition coefficient (Wildman–Crippen LogP) is 2.48. The van der Waals surface area contributed by atoms with Crippen LogP contribution < -0.4 is 4.90 Å². The van der Waals surface area contributed by atoms with Gasteiger partial charge in [-0.2, -0.15) is 0 Å². The van der Waals surface area contributed by atoms with Crippen LogP contribution in [-0.4, -0.2) is 84.8 Å². The maximum Gasteiger partial charge on any atom is 0.256 e. The monoisotopic (exact) mass is 434 g/mol. The first-order valence-corrected chi connectivity index (χ1v) is 11.2. The van der Waals surface area contributed by atoms with E-state index in [4.69, 9.17) is 11.6 Å². The third kappa shape index (κ3) is 5.13. The Kier molecular flexibility index (Phi) is 7.72. The Balaban J connectivity index is 1.70.